The Kier molecular flexibility index (Phi) is 7.56. The molecule has 0 radical (unpaired) electrons. The van der Waals surface area contributed by atoms with E-state index in [0.29, 0.717) is 26.2 Å². The SMILES string of the molecule is Cl.Cl.Cn1cncc1CN(CCO)C(=O)[C@H]1[C@@H]2CC[C@@]3(CN(CCN)C(=O)[C@@H]13)O2. The van der Waals surface area contributed by atoms with Gasteiger partial charge < -0.3 is 29.9 Å². The molecule has 9 nitrogen and oxygen atoms in total. The Morgan fingerprint density at radius 2 is 2.24 bits per heavy atom. The first-order valence-electron chi connectivity index (χ1n) is 9.52. The molecule has 3 aliphatic rings. The van der Waals surface area contributed by atoms with Crippen LogP contribution in [0.2, 0.25) is 0 Å². The molecule has 0 unspecified atom stereocenters. The highest BCUT2D eigenvalue weighted by Crippen LogP contribution is 2.55. The van der Waals surface area contributed by atoms with Crippen molar-refractivity contribution in [2.75, 3.05) is 32.8 Å². The number of ether oxygens (including phenoxy) is 1. The zero-order valence-corrected chi connectivity index (χ0v) is 18.0. The number of nitrogens with two attached hydrogens (primary N) is 1. The summed E-state index contributed by atoms with van der Waals surface area (Å²) in [6.07, 6.45) is 4.76. The molecule has 0 aromatic carbocycles. The number of aliphatic hydroxyl groups excluding tert-OH is 1. The van der Waals surface area contributed by atoms with Gasteiger partial charge in [0.15, 0.2) is 0 Å². The van der Waals surface area contributed by atoms with Crippen LogP contribution >= 0.6 is 24.8 Å². The van der Waals surface area contributed by atoms with Crippen molar-refractivity contribution in [3.63, 3.8) is 0 Å². The number of hydrogen-bond donors (Lipinski definition) is 2. The van der Waals surface area contributed by atoms with Gasteiger partial charge in [0.05, 0.1) is 55.3 Å². The summed E-state index contributed by atoms with van der Waals surface area (Å²) >= 11 is 0. The molecule has 1 aromatic heterocycles. The van der Waals surface area contributed by atoms with E-state index in [2.05, 4.69) is 4.98 Å². The van der Waals surface area contributed by atoms with Gasteiger partial charge in [0, 0.05) is 32.9 Å². The van der Waals surface area contributed by atoms with Crippen molar-refractivity contribution in [2.45, 2.75) is 31.1 Å². The fourth-order valence-electron chi connectivity index (χ4n) is 5.00. The first-order valence-corrected chi connectivity index (χ1v) is 9.52. The van der Waals surface area contributed by atoms with Gasteiger partial charge in [-0.15, -0.1) is 24.8 Å². The second-order valence-corrected chi connectivity index (χ2v) is 7.79. The van der Waals surface area contributed by atoms with Crippen LogP contribution in [0.25, 0.3) is 0 Å². The van der Waals surface area contributed by atoms with E-state index in [0.717, 1.165) is 18.5 Å². The number of fused-ring (bicyclic) bond motifs is 1. The van der Waals surface area contributed by atoms with E-state index in [1.165, 1.54) is 0 Å². The predicted molar refractivity (Wildman–Crippen MR) is 110 cm³/mol. The number of nitrogens with zero attached hydrogens (tertiary/aromatic N) is 4. The van der Waals surface area contributed by atoms with Crippen LogP contribution in [0.15, 0.2) is 12.5 Å². The Hall–Kier alpha value is -1.39. The molecule has 2 bridgehead atoms. The van der Waals surface area contributed by atoms with Gasteiger partial charge in [-0.05, 0) is 12.8 Å². The fraction of sp³-hybridized carbons (Fsp3) is 0.722. The van der Waals surface area contributed by atoms with Gasteiger partial charge in [0.1, 0.15) is 0 Å². The maximum Gasteiger partial charge on any atom is 0.229 e. The van der Waals surface area contributed by atoms with E-state index in [4.69, 9.17) is 10.5 Å². The highest BCUT2D eigenvalue weighted by Gasteiger charge is 2.69. The monoisotopic (exact) mass is 449 g/mol. The molecule has 4 rings (SSSR count). The molecule has 3 N–H and O–H groups in total. The summed E-state index contributed by atoms with van der Waals surface area (Å²) in [5.74, 6) is -1.08. The summed E-state index contributed by atoms with van der Waals surface area (Å²) in [6.45, 7) is 1.84. The number of aryl methyl sites for hydroxylation is 1. The molecule has 4 heterocycles. The minimum Gasteiger partial charge on any atom is -0.395 e. The van der Waals surface area contributed by atoms with Crippen LogP contribution in [-0.4, -0.2) is 80.8 Å². The van der Waals surface area contributed by atoms with Gasteiger partial charge in [-0.3, -0.25) is 9.59 Å². The van der Waals surface area contributed by atoms with E-state index < -0.39 is 17.4 Å². The number of rotatable bonds is 7. The number of carbonyl (C=O) groups is 2. The van der Waals surface area contributed by atoms with Crippen LogP contribution in [0.5, 0.6) is 0 Å². The van der Waals surface area contributed by atoms with Crippen LogP contribution in [0.4, 0.5) is 0 Å². The number of carbonyl (C=O) groups excluding carboxylic acids is 2. The van der Waals surface area contributed by atoms with E-state index in [9.17, 15) is 14.7 Å². The Morgan fingerprint density at radius 3 is 2.86 bits per heavy atom. The highest BCUT2D eigenvalue weighted by atomic mass is 35.5. The molecular formula is C18H29Cl2N5O4. The van der Waals surface area contributed by atoms with Gasteiger partial charge in [-0.25, -0.2) is 4.98 Å². The van der Waals surface area contributed by atoms with Crippen molar-refractivity contribution in [2.24, 2.45) is 24.6 Å². The molecule has 1 aromatic rings. The predicted octanol–water partition coefficient (Wildman–Crippen LogP) is -0.451. The molecule has 3 aliphatic heterocycles. The van der Waals surface area contributed by atoms with Crippen molar-refractivity contribution in [3.8, 4) is 0 Å². The number of halogens is 2. The summed E-state index contributed by atoms with van der Waals surface area (Å²) < 4.78 is 8.07. The molecule has 0 aliphatic carbocycles. The van der Waals surface area contributed by atoms with Gasteiger partial charge in [-0.1, -0.05) is 0 Å². The average molecular weight is 450 g/mol. The third-order valence-electron chi connectivity index (χ3n) is 6.24. The van der Waals surface area contributed by atoms with Crippen LogP contribution < -0.4 is 5.73 Å². The summed E-state index contributed by atoms with van der Waals surface area (Å²) in [5.41, 5.74) is 5.97. The zero-order chi connectivity index (χ0) is 19.2. The van der Waals surface area contributed by atoms with E-state index in [1.807, 2.05) is 11.6 Å². The quantitative estimate of drug-likeness (QED) is 0.582. The Balaban J connectivity index is 0.00000150. The lowest BCUT2D eigenvalue weighted by Crippen LogP contribution is -2.48. The lowest BCUT2D eigenvalue weighted by atomic mass is 9.72. The van der Waals surface area contributed by atoms with Crippen molar-refractivity contribution >= 4 is 36.6 Å². The normalized spacial score (nSPS) is 29.4. The first-order chi connectivity index (χ1) is 13.0. The molecule has 2 amide bonds. The summed E-state index contributed by atoms with van der Waals surface area (Å²) in [5, 5.41) is 9.47. The van der Waals surface area contributed by atoms with Gasteiger partial charge in [-0.2, -0.15) is 0 Å². The Bertz CT molecular complexity index is 748. The summed E-state index contributed by atoms with van der Waals surface area (Å²) in [4.78, 5) is 33.9. The number of aromatic nitrogens is 2. The zero-order valence-electron chi connectivity index (χ0n) is 16.4. The van der Waals surface area contributed by atoms with Crippen LogP contribution in [-0.2, 0) is 27.9 Å². The van der Waals surface area contributed by atoms with Crippen LogP contribution in [0.3, 0.4) is 0 Å². The smallest absolute Gasteiger partial charge is 0.229 e. The van der Waals surface area contributed by atoms with E-state index in [-0.39, 0.29) is 55.9 Å². The van der Waals surface area contributed by atoms with Crippen LogP contribution in [0.1, 0.15) is 18.5 Å². The first kappa shape index (κ1) is 23.9. The minimum absolute atomic E-state index is 0. The lowest BCUT2D eigenvalue weighted by Gasteiger charge is -2.31. The molecule has 4 atom stereocenters. The summed E-state index contributed by atoms with van der Waals surface area (Å²) in [7, 11) is 1.87. The van der Waals surface area contributed by atoms with Crippen molar-refractivity contribution in [3.05, 3.63) is 18.2 Å². The Labute approximate surface area is 182 Å². The molecule has 11 heteroatoms. The van der Waals surface area contributed by atoms with Crippen LogP contribution in [0, 0.1) is 11.8 Å². The van der Waals surface area contributed by atoms with Gasteiger partial charge in [0.2, 0.25) is 11.8 Å². The number of aliphatic hydroxyl groups is 1. The van der Waals surface area contributed by atoms with E-state index in [1.54, 1.807) is 22.3 Å². The molecule has 1 spiro atoms. The fourth-order valence-corrected chi connectivity index (χ4v) is 5.00. The molecule has 3 fully saturated rings. The van der Waals surface area contributed by atoms with Crippen molar-refractivity contribution < 1.29 is 19.4 Å². The third kappa shape index (κ3) is 3.86. The van der Waals surface area contributed by atoms with Crippen molar-refractivity contribution in [1.29, 1.82) is 0 Å². The van der Waals surface area contributed by atoms with E-state index >= 15 is 0 Å². The molecule has 0 saturated carbocycles. The molecule has 3 saturated heterocycles. The standard InChI is InChI=1S/C18H27N5O4.2ClH/c1-21-11-20-8-12(21)9-22(6-7-24)16(25)14-13-2-3-18(27-13)10-23(5-4-19)17(26)15(14)18;;/h8,11,13-15,24H,2-7,9-10,19H2,1H3;2*1H/t13-,14-,15+,18-;;/m0../s1. The molecular weight excluding hydrogens is 421 g/mol. The molecule has 29 heavy (non-hydrogen) atoms. The summed E-state index contributed by atoms with van der Waals surface area (Å²) in [6, 6.07) is 0. The average Bonchev–Trinajstić information content (AvgIpc) is 3.37. The number of amides is 2. The minimum atomic E-state index is -0.547. The second-order valence-electron chi connectivity index (χ2n) is 7.79. The number of hydrogen-bond acceptors (Lipinski definition) is 6. The maximum atomic E-state index is 13.4. The van der Waals surface area contributed by atoms with Gasteiger partial charge >= 0.3 is 0 Å². The number of imidazole rings is 1. The second kappa shape index (κ2) is 9.18. The third-order valence-corrected chi connectivity index (χ3v) is 6.24. The number of likely N-dealkylation sites (tertiary alicyclic amines) is 1. The van der Waals surface area contributed by atoms with Gasteiger partial charge in [0.25, 0.3) is 0 Å². The van der Waals surface area contributed by atoms with Crippen molar-refractivity contribution in [1.82, 2.24) is 19.4 Å². The topological polar surface area (TPSA) is 114 Å². The maximum absolute atomic E-state index is 13.4. The largest absolute Gasteiger partial charge is 0.395 e. The lowest BCUT2D eigenvalue weighted by molar-refractivity contribution is -0.145. The molecule has 164 valence electrons. The highest BCUT2D eigenvalue weighted by molar-refractivity contribution is 5.92. The Morgan fingerprint density at radius 1 is 1.48 bits per heavy atom.